The highest BCUT2D eigenvalue weighted by atomic mass is 16.1. The van der Waals surface area contributed by atoms with E-state index in [1.807, 2.05) is 12.1 Å². The van der Waals surface area contributed by atoms with Crippen molar-refractivity contribution in [2.75, 3.05) is 13.1 Å². The van der Waals surface area contributed by atoms with Crippen LogP contribution in [0.5, 0.6) is 0 Å². The number of carbonyl (C=O) groups is 1. The summed E-state index contributed by atoms with van der Waals surface area (Å²) in [6.45, 7) is 14.1. The van der Waals surface area contributed by atoms with E-state index in [0.717, 1.165) is 18.0 Å². The van der Waals surface area contributed by atoms with Gasteiger partial charge >= 0.3 is 0 Å². The number of piperidine rings is 1. The van der Waals surface area contributed by atoms with Crippen molar-refractivity contribution in [2.24, 2.45) is 5.92 Å². The zero-order valence-corrected chi connectivity index (χ0v) is 18.0. The lowest BCUT2D eigenvalue weighted by atomic mass is 9.96. The molecule has 2 aromatic carbocycles. The zero-order chi connectivity index (χ0) is 20.3. The first kappa shape index (κ1) is 20.6. The van der Waals surface area contributed by atoms with Crippen LogP contribution >= 0.6 is 0 Å². The average Bonchev–Trinajstić information content (AvgIpc) is 2.65. The SMILES string of the molecule is Cc1cc(C)c(C(C)NC(=O)c2ccc(CN3CCCC(C)C3)cc2)cc1C. The third kappa shape index (κ3) is 5.02. The van der Waals surface area contributed by atoms with Crippen LogP contribution in [0.3, 0.4) is 0 Å². The molecule has 2 unspecified atom stereocenters. The van der Waals surface area contributed by atoms with Gasteiger partial charge in [-0.3, -0.25) is 9.69 Å². The smallest absolute Gasteiger partial charge is 0.251 e. The summed E-state index contributed by atoms with van der Waals surface area (Å²) in [5.74, 6) is 0.775. The predicted molar refractivity (Wildman–Crippen MR) is 117 cm³/mol. The average molecular weight is 379 g/mol. The lowest BCUT2D eigenvalue weighted by molar-refractivity contribution is 0.0940. The summed E-state index contributed by atoms with van der Waals surface area (Å²) in [4.78, 5) is 15.2. The maximum atomic E-state index is 12.7. The molecule has 0 bridgehead atoms. The van der Waals surface area contributed by atoms with Crippen molar-refractivity contribution in [2.45, 2.75) is 60.0 Å². The van der Waals surface area contributed by atoms with E-state index in [2.05, 4.69) is 69.1 Å². The number of aryl methyl sites for hydroxylation is 3. The molecule has 0 aromatic heterocycles. The molecule has 1 N–H and O–H groups in total. The van der Waals surface area contributed by atoms with Gasteiger partial charge in [0.1, 0.15) is 0 Å². The Morgan fingerprint density at radius 1 is 1.11 bits per heavy atom. The van der Waals surface area contributed by atoms with Gasteiger partial charge in [0.25, 0.3) is 5.91 Å². The van der Waals surface area contributed by atoms with Crippen LogP contribution in [0.1, 0.15) is 70.9 Å². The molecule has 0 aliphatic carbocycles. The number of likely N-dealkylation sites (tertiary alicyclic amines) is 1. The maximum Gasteiger partial charge on any atom is 0.251 e. The predicted octanol–water partition coefficient (Wildman–Crippen LogP) is 5.33. The van der Waals surface area contributed by atoms with Crippen LogP contribution < -0.4 is 5.32 Å². The molecule has 0 radical (unpaired) electrons. The van der Waals surface area contributed by atoms with Crippen LogP contribution in [0.4, 0.5) is 0 Å². The minimum atomic E-state index is -0.0127. The quantitative estimate of drug-likeness (QED) is 0.762. The monoisotopic (exact) mass is 378 g/mol. The summed E-state index contributed by atoms with van der Waals surface area (Å²) in [6.07, 6.45) is 2.63. The Bertz CT molecular complexity index is 825. The van der Waals surface area contributed by atoms with Gasteiger partial charge in [-0.05, 0) is 92.9 Å². The minimum absolute atomic E-state index is 0.0109. The fraction of sp³-hybridized carbons (Fsp3) is 0.480. The van der Waals surface area contributed by atoms with E-state index in [1.165, 1.54) is 53.7 Å². The molecule has 150 valence electrons. The Labute approximate surface area is 170 Å². The van der Waals surface area contributed by atoms with Gasteiger partial charge in [-0.1, -0.05) is 31.2 Å². The normalized spacial score (nSPS) is 18.7. The summed E-state index contributed by atoms with van der Waals surface area (Å²) < 4.78 is 0. The van der Waals surface area contributed by atoms with Crippen LogP contribution in [0.2, 0.25) is 0 Å². The van der Waals surface area contributed by atoms with E-state index < -0.39 is 0 Å². The van der Waals surface area contributed by atoms with Gasteiger partial charge < -0.3 is 5.32 Å². The van der Waals surface area contributed by atoms with Gasteiger partial charge in [-0.25, -0.2) is 0 Å². The summed E-state index contributed by atoms with van der Waals surface area (Å²) in [5.41, 5.74) is 6.97. The Morgan fingerprint density at radius 2 is 1.79 bits per heavy atom. The van der Waals surface area contributed by atoms with Crippen LogP contribution in [-0.2, 0) is 6.54 Å². The highest BCUT2D eigenvalue weighted by Crippen LogP contribution is 2.22. The van der Waals surface area contributed by atoms with Crippen LogP contribution in [-0.4, -0.2) is 23.9 Å². The lowest BCUT2D eigenvalue weighted by Gasteiger charge is -2.30. The van der Waals surface area contributed by atoms with E-state index in [-0.39, 0.29) is 11.9 Å². The summed E-state index contributed by atoms with van der Waals surface area (Å²) in [7, 11) is 0. The van der Waals surface area contributed by atoms with Crippen molar-refractivity contribution in [1.29, 1.82) is 0 Å². The third-order valence-electron chi connectivity index (χ3n) is 6.06. The molecule has 1 saturated heterocycles. The molecule has 3 rings (SSSR count). The Hall–Kier alpha value is -2.13. The van der Waals surface area contributed by atoms with Crippen LogP contribution in [0.15, 0.2) is 36.4 Å². The molecule has 1 fully saturated rings. The molecule has 2 aromatic rings. The molecule has 28 heavy (non-hydrogen) atoms. The van der Waals surface area contributed by atoms with Gasteiger partial charge in [0, 0.05) is 18.7 Å². The van der Waals surface area contributed by atoms with E-state index in [1.54, 1.807) is 0 Å². The van der Waals surface area contributed by atoms with E-state index in [9.17, 15) is 4.79 Å². The standard InChI is InChI=1S/C25H34N2O/c1-17-7-6-12-27(15-17)16-22-8-10-23(11-9-22)25(28)26-21(5)24-14-19(3)18(2)13-20(24)4/h8-11,13-14,17,21H,6-7,12,15-16H2,1-5H3,(H,26,28). The molecule has 1 heterocycles. The second-order valence-corrected chi connectivity index (χ2v) is 8.67. The second-order valence-electron chi connectivity index (χ2n) is 8.67. The summed E-state index contributed by atoms with van der Waals surface area (Å²) in [6, 6.07) is 12.5. The fourth-order valence-electron chi connectivity index (χ4n) is 4.26. The zero-order valence-electron chi connectivity index (χ0n) is 18.0. The first-order valence-corrected chi connectivity index (χ1v) is 10.5. The van der Waals surface area contributed by atoms with Gasteiger partial charge in [-0.2, -0.15) is 0 Å². The summed E-state index contributed by atoms with van der Waals surface area (Å²) in [5, 5.41) is 3.16. The fourth-order valence-corrected chi connectivity index (χ4v) is 4.26. The van der Waals surface area contributed by atoms with Crippen LogP contribution in [0.25, 0.3) is 0 Å². The van der Waals surface area contributed by atoms with Gasteiger partial charge in [-0.15, -0.1) is 0 Å². The van der Waals surface area contributed by atoms with Crippen molar-refractivity contribution in [3.8, 4) is 0 Å². The Balaban J connectivity index is 1.62. The molecular formula is C25H34N2O. The largest absolute Gasteiger partial charge is 0.346 e. The maximum absolute atomic E-state index is 12.7. The number of hydrogen-bond acceptors (Lipinski definition) is 2. The number of carbonyl (C=O) groups excluding carboxylic acids is 1. The van der Waals surface area contributed by atoms with E-state index in [4.69, 9.17) is 0 Å². The first-order valence-electron chi connectivity index (χ1n) is 10.5. The van der Waals surface area contributed by atoms with Crippen LogP contribution in [0, 0.1) is 26.7 Å². The van der Waals surface area contributed by atoms with Gasteiger partial charge in [0.15, 0.2) is 0 Å². The molecule has 3 nitrogen and oxygen atoms in total. The highest BCUT2D eigenvalue weighted by molar-refractivity contribution is 5.94. The Kier molecular flexibility index (Phi) is 6.56. The third-order valence-corrected chi connectivity index (χ3v) is 6.06. The number of nitrogens with zero attached hydrogens (tertiary/aromatic N) is 1. The molecule has 1 aliphatic heterocycles. The number of amides is 1. The topological polar surface area (TPSA) is 32.3 Å². The molecule has 2 atom stereocenters. The first-order chi connectivity index (χ1) is 13.3. The van der Waals surface area contributed by atoms with Crippen molar-refractivity contribution < 1.29 is 4.79 Å². The molecule has 0 spiro atoms. The van der Waals surface area contributed by atoms with E-state index >= 15 is 0 Å². The number of rotatable bonds is 5. The number of nitrogens with one attached hydrogen (secondary N) is 1. The number of hydrogen-bond donors (Lipinski definition) is 1. The van der Waals surface area contributed by atoms with Crippen molar-refractivity contribution in [3.63, 3.8) is 0 Å². The second kappa shape index (κ2) is 8.91. The van der Waals surface area contributed by atoms with Gasteiger partial charge in [0.2, 0.25) is 0 Å². The highest BCUT2D eigenvalue weighted by Gasteiger charge is 2.17. The van der Waals surface area contributed by atoms with Crippen molar-refractivity contribution in [3.05, 3.63) is 69.8 Å². The summed E-state index contributed by atoms with van der Waals surface area (Å²) >= 11 is 0. The molecule has 1 aliphatic rings. The van der Waals surface area contributed by atoms with E-state index in [0.29, 0.717) is 0 Å². The lowest BCUT2D eigenvalue weighted by Crippen LogP contribution is -2.33. The van der Waals surface area contributed by atoms with Crippen molar-refractivity contribution in [1.82, 2.24) is 10.2 Å². The molecule has 1 amide bonds. The minimum Gasteiger partial charge on any atom is -0.346 e. The number of benzene rings is 2. The van der Waals surface area contributed by atoms with Crippen molar-refractivity contribution >= 4 is 5.91 Å². The van der Waals surface area contributed by atoms with Gasteiger partial charge in [0.05, 0.1) is 6.04 Å². The molecular weight excluding hydrogens is 344 g/mol. The Morgan fingerprint density at radius 3 is 2.46 bits per heavy atom. The molecule has 0 saturated carbocycles. The molecule has 3 heteroatoms.